The summed E-state index contributed by atoms with van der Waals surface area (Å²) in [6, 6.07) is 23.4. The van der Waals surface area contributed by atoms with Crippen molar-refractivity contribution in [3.8, 4) is 11.5 Å². The van der Waals surface area contributed by atoms with E-state index in [2.05, 4.69) is 6.07 Å². The van der Waals surface area contributed by atoms with Crippen molar-refractivity contribution in [2.45, 2.75) is 4.58 Å². The van der Waals surface area contributed by atoms with Gasteiger partial charge in [-0.2, -0.15) is 0 Å². The molecule has 3 nitrogen and oxygen atoms in total. The number of rotatable bonds is 6. The van der Waals surface area contributed by atoms with Crippen molar-refractivity contribution in [2.75, 3.05) is 25.7 Å². The molecule has 0 spiro atoms. The number of benzene rings is 3. The first-order chi connectivity index (χ1) is 14.2. The average Bonchev–Trinajstić information content (AvgIpc) is 3.33. The van der Waals surface area contributed by atoms with Crippen LogP contribution in [0.2, 0.25) is 0 Å². The second kappa shape index (κ2) is 8.91. The van der Waals surface area contributed by atoms with E-state index in [9.17, 15) is 0 Å². The molecule has 1 atom stereocenters. The summed E-state index contributed by atoms with van der Waals surface area (Å²) in [5.41, 5.74) is 1.12. The Morgan fingerprint density at radius 1 is 0.793 bits per heavy atom. The van der Waals surface area contributed by atoms with Crippen LogP contribution in [0, 0.1) is 0 Å². The molecule has 1 fully saturated rings. The van der Waals surface area contributed by atoms with Gasteiger partial charge in [0, 0.05) is 27.4 Å². The molecule has 1 heterocycles. The molecule has 0 bridgehead atoms. The molecule has 0 aromatic heterocycles. The van der Waals surface area contributed by atoms with E-state index >= 15 is 4.57 Å². The van der Waals surface area contributed by atoms with Crippen LogP contribution in [0.1, 0.15) is 10.1 Å². The zero-order valence-corrected chi connectivity index (χ0v) is 18.9. The van der Waals surface area contributed by atoms with Crippen LogP contribution in [0.15, 0.2) is 72.8 Å². The summed E-state index contributed by atoms with van der Waals surface area (Å²) in [6.07, 6.45) is 0. The van der Waals surface area contributed by atoms with Crippen molar-refractivity contribution in [1.82, 2.24) is 0 Å². The third-order valence-electron chi connectivity index (χ3n) is 4.99. The predicted octanol–water partition coefficient (Wildman–Crippen LogP) is 4.82. The van der Waals surface area contributed by atoms with E-state index in [0.29, 0.717) is 5.75 Å². The summed E-state index contributed by atoms with van der Waals surface area (Å²) in [5.74, 6) is 3.63. The lowest BCUT2D eigenvalue weighted by Crippen LogP contribution is -2.28. The van der Waals surface area contributed by atoms with Crippen LogP contribution in [-0.2, 0) is 4.57 Å². The smallest absolute Gasteiger partial charge is 0.171 e. The second-order valence-electron chi connectivity index (χ2n) is 6.64. The van der Waals surface area contributed by atoms with Crippen molar-refractivity contribution in [3.63, 3.8) is 0 Å². The highest BCUT2D eigenvalue weighted by atomic mass is 32.2. The first kappa shape index (κ1) is 20.5. The number of methoxy groups -OCH3 is 2. The predicted molar refractivity (Wildman–Crippen MR) is 127 cm³/mol. The van der Waals surface area contributed by atoms with Crippen molar-refractivity contribution in [2.24, 2.45) is 0 Å². The Morgan fingerprint density at radius 2 is 1.45 bits per heavy atom. The zero-order valence-electron chi connectivity index (χ0n) is 16.4. The zero-order chi connectivity index (χ0) is 20.3. The molecule has 0 amide bonds. The van der Waals surface area contributed by atoms with E-state index in [1.54, 1.807) is 14.2 Å². The highest BCUT2D eigenvalue weighted by Crippen LogP contribution is 2.51. The van der Waals surface area contributed by atoms with Crippen LogP contribution in [0.5, 0.6) is 11.5 Å². The minimum absolute atomic E-state index is 0.276. The largest absolute Gasteiger partial charge is 0.497 e. The van der Waals surface area contributed by atoms with Crippen molar-refractivity contribution in [1.29, 1.82) is 0 Å². The molecular weight excluding hydrogens is 419 g/mol. The summed E-state index contributed by atoms with van der Waals surface area (Å²) in [4.78, 5) is 0. The number of ether oxygens (including phenoxy) is 2. The van der Waals surface area contributed by atoms with Gasteiger partial charge in [0.15, 0.2) is 7.14 Å². The van der Waals surface area contributed by atoms with Gasteiger partial charge in [0.2, 0.25) is 0 Å². The summed E-state index contributed by atoms with van der Waals surface area (Å²) < 4.78 is 26.2. The Bertz CT molecular complexity index is 1030. The maximum absolute atomic E-state index is 15.0. The molecule has 1 aliphatic heterocycles. The molecule has 4 rings (SSSR count). The first-order valence-corrected chi connectivity index (χ1v) is 13.2. The molecule has 1 unspecified atom stereocenters. The maximum atomic E-state index is 15.0. The van der Waals surface area contributed by atoms with Crippen LogP contribution >= 0.6 is 30.7 Å². The van der Waals surface area contributed by atoms with E-state index in [1.165, 1.54) is 0 Å². The Labute approximate surface area is 180 Å². The average molecular weight is 443 g/mol. The lowest BCUT2D eigenvalue weighted by molar-refractivity contribution is 0.415. The quantitative estimate of drug-likeness (QED) is 0.512. The van der Waals surface area contributed by atoms with Gasteiger partial charge in [0.25, 0.3) is 0 Å². The molecule has 0 saturated carbocycles. The van der Waals surface area contributed by atoms with Gasteiger partial charge in [0.1, 0.15) is 11.5 Å². The monoisotopic (exact) mass is 442 g/mol. The third kappa shape index (κ3) is 3.96. The van der Waals surface area contributed by atoms with E-state index in [4.69, 9.17) is 9.47 Å². The molecule has 0 N–H and O–H groups in total. The van der Waals surface area contributed by atoms with Gasteiger partial charge in [-0.15, -0.1) is 23.5 Å². The molecule has 1 aliphatic rings. The molecule has 150 valence electrons. The second-order valence-corrected chi connectivity index (χ2v) is 12.1. The lowest BCUT2D eigenvalue weighted by Gasteiger charge is -2.25. The van der Waals surface area contributed by atoms with Crippen LogP contribution in [0.3, 0.4) is 0 Å². The fourth-order valence-corrected chi connectivity index (χ4v) is 9.56. The highest BCUT2D eigenvalue weighted by molar-refractivity contribution is 8.19. The standard InChI is InChI=1S/C23H23O3PS2/c1-25-17-7-6-10-20(15-17)27(24,19-8-4-3-5-9-19)22-16-18(26-2)11-12-21(22)23-28-13-14-29-23/h3-12,15-16,23H,13-14H2,1-2H3. The Kier molecular flexibility index (Phi) is 6.29. The normalized spacial score (nSPS) is 16.3. The Morgan fingerprint density at radius 3 is 2.14 bits per heavy atom. The van der Waals surface area contributed by atoms with Crippen molar-refractivity contribution in [3.05, 3.63) is 78.4 Å². The van der Waals surface area contributed by atoms with Gasteiger partial charge in [0.05, 0.1) is 18.8 Å². The fourth-order valence-electron chi connectivity index (χ4n) is 3.53. The Hall–Kier alpha value is -1.81. The molecule has 6 heteroatoms. The van der Waals surface area contributed by atoms with Gasteiger partial charge in [-0.1, -0.05) is 48.5 Å². The van der Waals surface area contributed by atoms with Crippen LogP contribution in [0.25, 0.3) is 0 Å². The molecule has 3 aromatic carbocycles. The summed E-state index contributed by atoms with van der Waals surface area (Å²) >= 11 is 3.83. The van der Waals surface area contributed by atoms with Crippen LogP contribution < -0.4 is 25.4 Å². The summed E-state index contributed by atoms with van der Waals surface area (Å²) in [5, 5.41) is 2.43. The minimum Gasteiger partial charge on any atom is -0.497 e. The summed E-state index contributed by atoms with van der Waals surface area (Å²) in [7, 11) is 0.150. The molecule has 1 saturated heterocycles. The molecule has 29 heavy (non-hydrogen) atoms. The third-order valence-corrected chi connectivity index (χ3v) is 11.2. The SMILES string of the molecule is COc1cccc(P(=O)(c2ccccc2)c2cc(OC)ccc2C2SCCS2)c1. The maximum Gasteiger partial charge on any atom is 0.171 e. The van der Waals surface area contributed by atoms with E-state index in [0.717, 1.165) is 38.7 Å². The molecule has 0 radical (unpaired) electrons. The van der Waals surface area contributed by atoms with Gasteiger partial charge in [-0.3, -0.25) is 0 Å². The van der Waals surface area contributed by atoms with Gasteiger partial charge >= 0.3 is 0 Å². The Balaban J connectivity index is 2.00. The van der Waals surface area contributed by atoms with Crippen molar-refractivity contribution < 1.29 is 14.0 Å². The van der Waals surface area contributed by atoms with E-state index in [1.807, 2.05) is 90.3 Å². The minimum atomic E-state index is -3.13. The van der Waals surface area contributed by atoms with E-state index < -0.39 is 7.14 Å². The fraction of sp³-hybridized carbons (Fsp3) is 0.217. The van der Waals surface area contributed by atoms with Crippen molar-refractivity contribution >= 4 is 46.6 Å². The first-order valence-electron chi connectivity index (χ1n) is 9.39. The number of thioether (sulfide) groups is 2. The lowest BCUT2D eigenvalue weighted by atomic mass is 10.2. The van der Waals surface area contributed by atoms with E-state index in [-0.39, 0.29) is 4.58 Å². The number of hydrogen-bond acceptors (Lipinski definition) is 5. The number of hydrogen-bond donors (Lipinski definition) is 0. The van der Waals surface area contributed by atoms with Crippen LogP contribution in [0.4, 0.5) is 0 Å². The molecule has 3 aromatic rings. The highest BCUT2D eigenvalue weighted by Gasteiger charge is 2.35. The molecular formula is C23H23O3PS2. The topological polar surface area (TPSA) is 35.5 Å². The summed E-state index contributed by atoms with van der Waals surface area (Å²) in [6.45, 7) is 0. The van der Waals surface area contributed by atoms with Gasteiger partial charge in [-0.05, 0) is 29.8 Å². The van der Waals surface area contributed by atoms with Gasteiger partial charge < -0.3 is 14.0 Å². The van der Waals surface area contributed by atoms with Crippen LogP contribution in [-0.4, -0.2) is 25.7 Å². The molecule has 0 aliphatic carbocycles. The van der Waals surface area contributed by atoms with Gasteiger partial charge in [-0.25, -0.2) is 0 Å².